The Morgan fingerprint density at radius 2 is 2.00 bits per heavy atom. The molecule has 1 aliphatic heterocycles. The van der Waals surface area contributed by atoms with Crippen LogP contribution in [0.2, 0.25) is 0 Å². The minimum atomic E-state index is -3.46. The van der Waals surface area contributed by atoms with E-state index in [1.54, 1.807) is 42.6 Å². The van der Waals surface area contributed by atoms with Gasteiger partial charge in [0.25, 0.3) is 0 Å². The van der Waals surface area contributed by atoms with Gasteiger partial charge in [0.2, 0.25) is 5.91 Å². The van der Waals surface area contributed by atoms with E-state index in [2.05, 4.69) is 10.3 Å². The Hall–Kier alpha value is -2.94. The van der Waals surface area contributed by atoms with Gasteiger partial charge in [-0.15, -0.1) is 0 Å². The van der Waals surface area contributed by atoms with E-state index in [0.717, 1.165) is 5.56 Å². The van der Waals surface area contributed by atoms with Crippen molar-refractivity contribution in [2.24, 2.45) is 5.92 Å². The molecular formula is C21H23N3O5S. The molecule has 8 nitrogen and oxygen atoms in total. The van der Waals surface area contributed by atoms with Crippen molar-refractivity contribution in [2.75, 3.05) is 18.9 Å². The first-order chi connectivity index (χ1) is 14.4. The Bertz CT molecular complexity index is 1050. The van der Waals surface area contributed by atoms with E-state index >= 15 is 0 Å². The highest BCUT2D eigenvalue weighted by Crippen LogP contribution is 2.30. The molecule has 0 radical (unpaired) electrons. The number of benzene rings is 1. The maximum Gasteiger partial charge on any atom is 0.324 e. The van der Waals surface area contributed by atoms with Crippen LogP contribution < -0.4 is 10.1 Å². The van der Waals surface area contributed by atoms with Crippen molar-refractivity contribution in [3.8, 4) is 5.75 Å². The molecule has 1 aliphatic carbocycles. The van der Waals surface area contributed by atoms with Crippen LogP contribution in [0, 0.1) is 5.92 Å². The summed E-state index contributed by atoms with van der Waals surface area (Å²) in [5, 5.41) is 2.22. The first-order valence-electron chi connectivity index (χ1n) is 9.87. The molecule has 1 saturated heterocycles. The van der Waals surface area contributed by atoms with Gasteiger partial charge in [-0.25, -0.2) is 13.2 Å². The highest BCUT2D eigenvalue weighted by atomic mass is 32.2. The third kappa shape index (κ3) is 5.15. The first kappa shape index (κ1) is 20.3. The maximum absolute atomic E-state index is 12.7. The highest BCUT2D eigenvalue weighted by Gasteiger charge is 2.26. The Balaban J connectivity index is 1.33. The molecule has 2 aliphatic rings. The van der Waals surface area contributed by atoms with Gasteiger partial charge in [-0.05, 0) is 48.6 Å². The lowest BCUT2D eigenvalue weighted by molar-refractivity contribution is -0.118. The van der Waals surface area contributed by atoms with Gasteiger partial charge in [0, 0.05) is 24.9 Å². The lowest BCUT2D eigenvalue weighted by Crippen LogP contribution is -2.27. The molecule has 0 atom stereocenters. The zero-order chi connectivity index (χ0) is 21.1. The zero-order valence-corrected chi connectivity index (χ0v) is 17.2. The van der Waals surface area contributed by atoms with Crippen molar-refractivity contribution >= 4 is 21.8 Å². The number of rotatable bonds is 9. The summed E-state index contributed by atoms with van der Waals surface area (Å²) in [6.45, 7) is 0.937. The Morgan fingerprint density at radius 3 is 2.67 bits per heavy atom. The molecule has 2 aromatic rings. The molecule has 2 heterocycles. The number of imide groups is 1. The number of sulfone groups is 1. The smallest absolute Gasteiger partial charge is 0.324 e. The second-order valence-electron chi connectivity index (χ2n) is 7.67. The van der Waals surface area contributed by atoms with Gasteiger partial charge in [0.15, 0.2) is 9.84 Å². The summed E-state index contributed by atoms with van der Waals surface area (Å²) in [6.07, 6.45) is 4.23. The van der Waals surface area contributed by atoms with Crippen LogP contribution in [0.5, 0.6) is 5.75 Å². The van der Waals surface area contributed by atoms with E-state index < -0.39 is 15.9 Å². The van der Waals surface area contributed by atoms with E-state index in [1.807, 2.05) is 0 Å². The predicted octanol–water partition coefficient (Wildman–Crippen LogP) is 1.94. The van der Waals surface area contributed by atoms with Crippen molar-refractivity contribution in [1.29, 1.82) is 0 Å². The lowest BCUT2D eigenvalue weighted by atomic mass is 10.2. The minimum Gasteiger partial charge on any atom is -0.493 e. The number of hydrogen-bond acceptors (Lipinski definition) is 6. The largest absolute Gasteiger partial charge is 0.493 e. The Kier molecular flexibility index (Phi) is 5.72. The molecule has 1 N–H and O–H groups in total. The summed E-state index contributed by atoms with van der Waals surface area (Å²) in [5.74, 6) is 0.792. The quantitative estimate of drug-likeness (QED) is 0.611. The minimum absolute atomic E-state index is 0.0300. The van der Waals surface area contributed by atoms with Gasteiger partial charge in [0.05, 0.1) is 17.3 Å². The van der Waals surface area contributed by atoms with Crippen molar-refractivity contribution in [3.63, 3.8) is 0 Å². The molecule has 158 valence electrons. The molecule has 9 heteroatoms. The summed E-state index contributed by atoms with van der Waals surface area (Å²) in [6, 6.07) is 9.75. The van der Waals surface area contributed by atoms with Crippen molar-refractivity contribution < 1.29 is 22.7 Å². The number of hydrogen-bond donors (Lipinski definition) is 1. The van der Waals surface area contributed by atoms with Crippen LogP contribution in [0.1, 0.15) is 24.1 Å². The van der Waals surface area contributed by atoms with Gasteiger partial charge in [-0.3, -0.25) is 15.1 Å². The van der Waals surface area contributed by atoms with E-state index in [-0.39, 0.29) is 36.1 Å². The Morgan fingerprint density at radius 1 is 1.17 bits per heavy atom. The molecule has 2 fully saturated rings. The molecule has 1 aromatic heterocycles. The lowest BCUT2D eigenvalue weighted by Gasteiger charge is -2.13. The number of carbonyl (C=O) groups excluding carboxylic acids is 2. The Labute approximate surface area is 175 Å². The van der Waals surface area contributed by atoms with Crippen LogP contribution in [0.4, 0.5) is 4.79 Å². The third-order valence-electron chi connectivity index (χ3n) is 5.10. The fourth-order valence-electron chi connectivity index (χ4n) is 3.14. The number of nitrogens with one attached hydrogen (secondary N) is 1. The molecular weight excluding hydrogens is 406 g/mol. The molecule has 0 spiro atoms. The molecule has 3 amide bonds. The maximum atomic E-state index is 12.7. The van der Waals surface area contributed by atoms with Crippen LogP contribution in [0.15, 0.2) is 47.5 Å². The summed E-state index contributed by atoms with van der Waals surface area (Å²) in [4.78, 5) is 28.8. The van der Waals surface area contributed by atoms with Gasteiger partial charge >= 0.3 is 6.03 Å². The first-order valence-corrected chi connectivity index (χ1v) is 11.5. The number of nitrogens with zero attached hydrogens (tertiary/aromatic N) is 2. The van der Waals surface area contributed by atoms with Crippen LogP contribution >= 0.6 is 0 Å². The van der Waals surface area contributed by atoms with Crippen molar-refractivity contribution in [3.05, 3.63) is 53.9 Å². The van der Waals surface area contributed by atoms with Crippen LogP contribution in [-0.2, 0) is 27.6 Å². The monoisotopic (exact) mass is 429 g/mol. The number of aryl methyl sites for hydroxylation is 1. The topological polar surface area (TPSA) is 106 Å². The number of carbonyl (C=O) groups is 2. The molecule has 0 bridgehead atoms. The molecule has 1 aromatic carbocycles. The SMILES string of the molecule is O=C1CN(Cc2ccc(CCS(=O)(=O)c3cccc(OCC4CC4)c3)nc2)C(=O)N1. The van der Waals surface area contributed by atoms with Gasteiger partial charge in [0.1, 0.15) is 12.3 Å². The number of urea groups is 1. The number of ether oxygens (including phenoxy) is 1. The van der Waals surface area contributed by atoms with Crippen molar-refractivity contribution in [2.45, 2.75) is 30.7 Å². The fourth-order valence-corrected chi connectivity index (χ4v) is 4.44. The average Bonchev–Trinajstić information content (AvgIpc) is 3.50. The molecule has 1 saturated carbocycles. The van der Waals surface area contributed by atoms with Gasteiger partial charge < -0.3 is 9.64 Å². The predicted molar refractivity (Wildman–Crippen MR) is 109 cm³/mol. The summed E-state index contributed by atoms with van der Waals surface area (Å²) in [5.41, 5.74) is 1.41. The average molecular weight is 429 g/mol. The standard InChI is InChI=1S/C21H23N3O5S/c25-20-13-24(21(26)23-20)12-16-6-7-17(22-11-16)8-9-30(27,28)19-3-1-2-18(10-19)29-14-15-4-5-15/h1-3,6-7,10-11,15H,4-5,8-9,12-14H2,(H,23,25,26). The van der Waals surface area contributed by atoms with Crippen molar-refractivity contribution in [1.82, 2.24) is 15.2 Å². The van der Waals surface area contributed by atoms with E-state index in [4.69, 9.17) is 4.74 Å². The second-order valence-corrected chi connectivity index (χ2v) is 9.77. The van der Waals surface area contributed by atoms with Crippen LogP contribution in [0.3, 0.4) is 0 Å². The van der Waals surface area contributed by atoms with E-state index in [1.165, 1.54) is 17.7 Å². The zero-order valence-electron chi connectivity index (χ0n) is 16.4. The molecule has 4 rings (SSSR count). The summed E-state index contributed by atoms with van der Waals surface area (Å²) < 4.78 is 31.1. The summed E-state index contributed by atoms with van der Waals surface area (Å²) >= 11 is 0. The van der Waals surface area contributed by atoms with Crippen LogP contribution in [0.25, 0.3) is 0 Å². The molecule has 30 heavy (non-hydrogen) atoms. The van der Waals surface area contributed by atoms with Gasteiger partial charge in [-0.2, -0.15) is 0 Å². The number of pyridine rings is 1. The second kappa shape index (κ2) is 8.43. The highest BCUT2D eigenvalue weighted by molar-refractivity contribution is 7.91. The number of amides is 3. The van der Waals surface area contributed by atoms with Crippen LogP contribution in [-0.4, -0.2) is 49.1 Å². The van der Waals surface area contributed by atoms with E-state index in [0.29, 0.717) is 24.0 Å². The summed E-state index contributed by atoms with van der Waals surface area (Å²) in [7, 11) is -3.46. The van der Waals surface area contributed by atoms with E-state index in [9.17, 15) is 18.0 Å². The normalized spacial score (nSPS) is 16.6. The van der Waals surface area contributed by atoms with Gasteiger partial charge in [-0.1, -0.05) is 12.1 Å². The number of aromatic nitrogens is 1. The molecule has 0 unspecified atom stereocenters. The fraction of sp³-hybridized carbons (Fsp3) is 0.381. The third-order valence-corrected chi connectivity index (χ3v) is 6.82.